The van der Waals surface area contributed by atoms with Crippen LogP contribution in [0.15, 0.2) is 36.5 Å². The smallest absolute Gasteiger partial charge is 0.355 e. The second-order valence-electron chi connectivity index (χ2n) is 4.99. The molecule has 9 nitrogen and oxygen atoms in total. The zero-order valence-electron chi connectivity index (χ0n) is 14.0. The molecule has 0 aliphatic carbocycles. The highest BCUT2D eigenvalue weighted by Gasteiger charge is 2.16. The average molecular weight is 360 g/mol. The number of anilines is 1. The number of methoxy groups -OCH3 is 2. The maximum atomic E-state index is 12.0. The van der Waals surface area contributed by atoms with Crippen LogP contribution in [-0.2, 0) is 19.0 Å². The Bertz CT molecular complexity index is 793. The molecule has 1 aromatic carbocycles. The number of H-pyrrole nitrogens is 1. The third-order valence-electron chi connectivity index (χ3n) is 3.21. The Balaban J connectivity index is 2.09. The average Bonchev–Trinajstić information content (AvgIpc) is 3.19. The molecule has 0 saturated heterocycles. The molecule has 1 amide bonds. The summed E-state index contributed by atoms with van der Waals surface area (Å²) in [6.45, 7) is -0.548. The molecular formula is C17H16N2O7. The Morgan fingerprint density at radius 3 is 2.08 bits per heavy atom. The number of nitrogens with one attached hydrogen (secondary N) is 2. The van der Waals surface area contributed by atoms with E-state index in [0.29, 0.717) is 0 Å². The van der Waals surface area contributed by atoms with E-state index in [2.05, 4.69) is 19.8 Å². The predicted molar refractivity (Wildman–Crippen MR) is 88.8 cm³/mol. The summed E-state index contributed by atoms with van der Waals surface area (Å²) in [5, 5.41) is 2.44. The Hall–Kier alpha value is -3.62. The number of amides is 1. The number of aromatic amines is 1. The summed E-state index contributed by atoms with van der Waals surface area (Å²) < 4.78 is 14.1. The first-order valence-corrected chi connectivity index (χ1v) is 7.36. The Morgan fingerprint density at radius 2 is 1.58 bits per heavy atom. The van der Waals surface area contributed by atoms with Crippen LogP contribution < -0.4 is 5.32 Å². The third-order valence-corrected chi connectivity index (χ3v) is 3.21. The summed E-state index contributed by atoms with van der Waals surface area (Å²) in [6.07, 6.45) is 1.54. The van der Waals surface area contributed by atoms with E-state index in [1.54, 1.807) is 12.3 Å². The van der Waals surface area contributed by atoms with Gasteiger partial charge in [0.05, 0.1) is 25.3 Å². The third kappa shape index (κ3) is 4.69. The predicted octanol–water partition coefficient (Wildman–Crippen LogP) is 1.38. The minimum atomic E-state index is -0.691. The van der Waals surface area contributed by atoms with Gasteiger partial charge in [0.15, 0.2) is 6.61 Å². The lowest BCUT2D eigenvalue weighted by molar-refractivity contribution is -0.119. The van der Waals surface area contributed by atoms with Crippen molar-refractivity contribution in [2.45, 2.75) is 0 Å². The first kappa shape index (κ1) is 18.7. The van der Waals surface area contributed by atoms with Crippen molar-refractivity contribution in [3.8, 4) is 0 Å². The van der Waals surface area contributed by atoms with Crippen molar-refractivity contribution in [1.82, 2.24) is 4.98 Å². The zero-order valence-corrected chi connectivity index (χ0v) is 14.0. The van der Waals surface area contributed by atoms with E-state index in [1.807, 2.05) is 0 Å². The molecule has 2 N–H and O–H groups in total. The largest absolute Gasteiger partial charge is 0.465 e. The van der Waals surface area contributed by atoms with Gasteiger partial charge in [0, 0.05) is 11.9 Å². The van der Waals surface area contributed by atoms with Crippen molar-refractivity contribution < 1.29 is 33.4 Å². The molecule has 136 valence electrons. The standard InChI is InChI=1S/C17H16N2O7/c1-24-15(21)10-6-11(16(22)25-2)8-12(7-10)19-14(20)9-26-17(23)13-4-3-5-18-13/h3-8,18H,9H2,1-2H3,(H,19,20). The van der Waals surface area contributed by atoms with E-state index in [0.717, 1.165) is 0 Å². The van der Waals surface area contributed by atoms with Crippen LogP contribution in [0.2, 0.25) is 0 Å². The fraction of sp³-hybridized carbons (Fsp3) is 0.176. The molecule has 0 bridgehead atoms. The lowest BCUT2D eigenvalue weighted by Gasteiger charge is -2.10. The monoisotopic (exact) mass is 360 g/mol. The number of hydrogen-bond donors (Lipinski definition) is 2. The minimum Gasteiger partial charge on any atom is -0.465 e. The van der Waals surface area contributed by atoms with Crippen molar-refractivity contribution in [3.63, 3.8) is 0 Å². The minimum absolute atomic E-state index is 0.0501. The summed E-state index contributed by atoms with van der Waals surface area (Å²) in [5.74, 6) is -2.72. The highest BCUT2D eigenvalue weighted by Crippen LogP contribution is 2.17. The van der Waals surface area contributed by atoms with Gasteiger partial charge in [-0.15, -0.1) is 0 Å². The fourth-order valence-electron chi connectivity index (χ4n) is 2.03. The highest BCUT2D eigenvalue weighted by molar-refractivity contribution is 6.00. The van der Waals surface area contributed by atoms with Crippen molar-refractivity contribution in [1.29, 1.82) is 0 Å². The molecule has 0 spiro atoms. The van der Waals surface area contributed by atoms with Gasteiger partial charge in [-0.2, -0.15) is 0 Å². The molecule has 9 heteroatoms. The number of carbonyl (C=O) groups excluding carboxylic acids is 4. The number of carbonyl (C=O) groups is 4. The molecule has 1 aromatic heterocycles. The summed E-state index contributed by atoms with van der Waals surface area (Å²) in [6, 6.07) is 7.04. The van der Waals surface area contributed by atoms with Crippen molar-refractivity contribution >= 4 is 29.5 Å². The van der Waals surface area contributed by atoms with Gasteiger partial charge < -0.3 is 24.5 Å². The molecule has 0 atom stereocenters. The van der Waals surface area contributed by atoms with Crippen molar-refractivity contribution in [2.24, 2.45) is 0 Å². The molecule has 0 saturated carbocycles. The number of esters is 3. The summed E-state index contributed by atoms with van der Waals surface area (Å²) in [5.41, 5.74) is 0.454. The van der Waals surface area contributed by atoms with E-state index < -0.39 is 30.4 Å². The van der Waals surface area contributed by atoms with E-state index in [1.165, 1.54) is 38.5 Å². The molecule has 2 rings (SSSR count). The number of benzene rings is 1. The normalized spacial score (nSPS) is 9.92. The van der Waals surface area contributed by atoms with Crippen LogP contribution in [0, 0.1) is 0 Å². The van der Waals surface area contributed by atoms with Crippen LogP contribution in [0.4, 0.5) is 5.69 Å². The van der Waals surface area contributed by atoms with Crippen molar-refractivity contribution in [3.05, 3.63) is 53.3 Å². The lowest BCUT2D eigenvalue weighted by atomic mass is 10.1. The number of aromatic nitrogens is 1. The second kappa shape index (κ2) is 8.47. The van der Waals surface area contributed by atoms with E-state index in [-0.39, 0.29) is 22.5 Å². The fourth-order valence-corrected chi connectivity index (χ4v) is 2.03. The lowest BCUT2D eigenvalue weighted by Crippen LogP contribution is -2.21. The molecule has 1 heterocycles. The summed E-state index contributed by atoms with van der Waals surface area (Å²) >= 11 is 0. The highest BCUT2D eigenvalue weighted by atomic mass is 16.5. The maximum absolute atomic E-state index is 12.0. The van der Waals surface area contributed by atoms with Gasteiger partial charge in [-0.05, 0) is 30.3 Å². The van der Waals surface area contributed by atoms with Gasteiger partial charge in [0.2, 0.25) is 0 Å². The molecule has 0 aliphatic rings. The number of hydrogen-bond acceptors (Lipinski definition) is 7. The van der Waals surface area contributed by atoms with Crippen LogP contribution >= 0.6 is 0 Å². The Kier molecular flexibility index (Phi) is 6.10. The molecule has 0 fully saturated rings. The molecule has 0 aliphatic heterocycles. The van der Waals surface area contributed by atoms with Gasteiger partial charge in [-0.3, -0.25) is 4.79 Å². The number of ether oxygens (including phenoxy) is 3. The van der Waals surface area contributed by atoms with Gasteiger partial charge in [0.1, 0.15) is 5.69 Å². The van der Waals surface area contributed by atoms with E-state index in [9.17, 15) is 19.2 Å². The summed E-state index contributed by atoms with van der Waals surface area (Å²) in [4.78, 5) is 49.7. The number of rotatable bonds is 6. The van der Waals surface area contributed by atoms with E-state index in [4.69, 9.17) is 4.74 Å². The van der Waals surface area contributed by atoms with Crippen LogP contribution in [0.3, 0.4) is 0 Å². The molecular weight excluding hydrogens is 344 g/mol. The Labute approximate surface area is 148 Å². The molecule has 2 aromatic rings. The van der Waals surface area contributed by atoms with Gasteiger partial charge in [-0.25, -0.2) is 14.4 Å². The van der Waals surface area contributed by atoms with Crippen LogP contribution in [-0.4, -0.2) is 49.6 Å². The molecule has 26 heavy (non-hydrogen) atoms. The Morgan fingerprint density at radius 1 is 0.962 bits per heavy atom. The molecule has 0 unspecified atom stereocenters. The SMILES string of the molecule is COC(=O)c1cc(NC(=O)COC(=O)c2ccc[nH]2)cc(C(=O)OC)c1. The quantitative estimate of drug-likeness (QED) is 0.589. The van der Waals surface area contributed by atoms with Crippen molar-refractivity contribution in [2.75, 3.05) is 26.1 Å². The van der Waals surface area contributed by atoms with Gasteiger partial charge in [-0.1, -0.05) is 0 Å². The zero-order chi connectivity index (χ0) is 19.1. The van der Waals surface area contributed by atoms with Gasteiger partial charge in [0.25, 0.3) is 5.91 Å². The first-order valence-electron chi connectivity index (χ1n) is 7.36. The maximum Gasteiger partial charge on any atom is 0.355 e. The van der Waals surface area contributed by atoms with Crippen LogP contribution in [0.25, 0.3) is 0 Å². The second-order valence-corrected chi connectivity index (χ2v) is 4.99. The van der Waals surface area contributed by atoms with E-state index >= 15 is 0 Å². The summed E-state index contributed by atoms with van der Waals surface area (Å²) in [7, 11) is 2.37. The topological polar surface area (TPSA) is 124 Å². The van der Waals surface area contributed by atoms with Crippen LogP contribution in [0.1, 0.15) is 31.2 Å². The van der Waals surface area contributed by atoms with Gasteiger partial charge >= 0.3 is 17.9 Å². The first-order chi connectivity index (χ1) is 12.4. The molecule has 0 radical (unpaired) electrons. The van der Waals surface area contributed by atoms with Crippen LogP contribution in [0.5, 0.6) is 0 Å².